The highest BCUT2D eigenvalue weighted by atomic mass is 16.3. The van der Waals surface area contributed by atoms with Crippen LogP contribution in [0.1, 0.15) is 36.3 Å². The summed E-state index contributed by atoms with van der Waals surface area (Å²) >= 11 is 0. The fourth-order valence-corrected chi connectivity index (χ4v) is 4.60. The molecule has 2 atom stereocenters. The predicted molar refractivity (Wildman–Crippen MR) is 134 cm³/mol. The molecule has 1 aliphatic carbocycles. The predicted octanol–water partition coefficient (Wildman–Crippen LogP) is 2.91. The van der Waals surface area contributed by atoms with Crippen molar-refractivity contribution in [3.8, 4) is 17.5 Å². The van der Waals surface area contributed by atoms with Crippen LogP contribution in [-0.4, -0.2) is 60.4 Å². The minimum absolute atomic E-state index is 0.295. The highest BCUT2D eigenvalue weighted by Gasteiger charge is 2.32. The van der Waals surface area contributed by atoms with Crippen LogP contribution in [0, 0.1) is 11.3 Å². The van der Waals surface area contributed by atoms with Gasteiger partial charge in [0.15, 0.2) is 5.82 Å². The second kappa shape index (κ2) is 9.11. The third kappa shape index (κ3) is 4.30. The van der Waals surface area contributed by atoms with E-state index in [4.69, 9.17) is 15.2 Å². The Balaban J connectivity index is 1.42. The fraction of sp³-hybridized carbons (Fsp3) is 0.308. The van der Waals surface area contributed by atoms with Crippen LogP contribution in [0.2, 0.25) is 0 Å². The molecule has 5 heterocycles. The Bertz CT molecular complexity index is 1480. The number of pyridine rings is 3. The lowest BCUT2D eigenvalue weighted by molar-refractivity contribution is 0.00792. The number of nitrogens with zero attached hydrogens (tertiary/aromatic N) is 7. The fourth-order valence-electron chi connectivity index (χ4n) is 4.60. The van der Waals surface area contributed by atoms with Crippen LogP contribution >= 0.6 is 0 Å². The van der Waals surface area contributed by atoms with E-state index in [9.17, 15) is 10.2 Å². The van der Waals surface area contributed by atoms with Crippen molar-refractivity contribution in [2.45, 2.75) is 37.4 Å². The Hall–Kier alpha value is -4.20. The molecule has 4 aromatic heterocycles. The molecule has 1 saturated carbocycles. The highest BCUT2D eigenvalue weighted by Crippen LogP contribution is 2.45. The Kier molecular flexibility index (Phi) is 5.64. The van der Waals surface area contributed by atoms with E-state index in [2.05, 4.69) is 26.3 Å². The first-order valence-corrected chi connectivity index (χ1v) is 12.0. The van der Waals surface area contributed by atoms with Crippen molar-refractivity contribution in [3.63, 3.8) is 0 Å². The first kappa shape index (κ1) is 22.3. The molecule has 10 nitrogen and oxygen atoms in total. The number of aliphatic hydroxyl groups excluding tert-OH is 2. The zero-order valence-electron chi connectivity index (χ0n) is 19.4. The van der Waals surface area contributed by atoms with E-state index in [1.807, 2.05) is 23.2 Å². The Morgan fingerprint density at radius 1 is 0.972 bits per heavy atom. The third-order valence-corrected chi connectivity index (χ3v) is 6.64. The van der Waals surface area contributed by atoms with Gasteiger partial charge in [0.2, 0.25) is 0 Å². The quantitative estimate of drug-likeness (QED) is 0.390. The third-order valence-electron chi connectivity index (χ3n) is 6.64. The standard InChI is InChI=1S/C26H24N8O2/c27-11-15-3-6-29-22(9-15)32-23-10-17(4-7-30-23)25-31-19-13-28-12-18(16-1-2-16)24(19)26(33-25)34-8-5-20(35)21(36)14-34/h3-4,6-7,9-10,12-13,16,20-21,35-36H,1-2,5,8,14H2,(H,29,30,32)/t20-,21-/m0/s1. The minimum atomic E-state index is -0.841. The number of hydrogen-bond donors (Lipinski definition) is 3. The largest absolute Gasteiger partial charge is 0.390 e. The maximum absolute atomic E-state index is 10.4. The number of aromatic nitrogens is 5. The molecule has 0 radical (unpaired) electrons. The summed E-state index contributed by atoms with van der Waals surface area (Å²) in [5.74, 6) is 2.76. The topological polar surface area (TPSA) is 144 Å². The summed E-state index contributed by atoms with van der Waals surface area (Å²) in [6.07, 6.45) is 8.00. The summed E-state index contributed by atoms with van der Waals surface area (Å²) in [5.41, 5.74) is 3.13. The molecular weight excluding hydrogens is 456 g/mol. The van der Waals surface area contributed by atoms with Gasteiger partial charge in [0.1, 0.15) is 17.5 Å². The van der Waals surface area contributed by atoms with E-state index >= 15 is 0 Å². The van der Waals surface area contributed by atoms with Crippen LogP contribution in [0.4, 0.5) is 17.5 Å². The van der Waals surface area contributed by atoms with Gasteiger partial charge in [-0.1, -0.05) is 0 Å². The lowest BCUT2D eigenvalue weighted by Crippen LogP contribution is -2.47. The number of nitriles is 1. The van der Waals surface area contributed by atoms with Crippen molar-refractivity contribution < 1.29 is 10.2 Å². The molecule has 3 N–H and O–H groups in total. The summed E-state index contributed by atoms with van der Waals surface area (Å²) < 4.78 is 0. The number of aliphatic hydroxyl groups is 2. The van der Waals surface area contributed by atoms with Crippen molar-refractivity contribution >= 4 is 28.4 Å². The van der Waals surface area contributed by atoms with E-state index in [0.717, 1.165) is 40.7 Å². The van der Waals surface area contributed by atoms with Crippen LogP contribution < -0.4 is 10.2 Å². The summed E-state index contributed by atoms with van der Waals surface area (Å²) in [6, 6.07) is 9.06. The van der Waals surface area contributed by atoms with Crippen LogP contribution in [0.5, 0.6) is 0 Å². The van der Waals surface area contributed by atoms with Crippen molar-refractivity contribution in [1.29, 1.82) is 5.26 Å². The van der Waals surface area contributed by atoms with Gasteiger partial charge >= 0.3 is 0 Å². The maximum atomic E-state index is 10.4. The molecule has 1 aliphatic heterocycles. The SMILES string of the molecule is N#Cc1ccnc(Nc2cc(-c3nc(N4CC[C@H](O)[C@@H](O)C4)c4c(C5CC5)cncc4n3)ccn2)c1. The molecule has 4 aromatic rings. The summed E-state index contributed by atoms with van der Waals surface area (Å²) in [5, 5.41) is 33.7. The number of piperidine rings is 1. The Morgan fingerprint density at radius 3 is 2.56 bits per heavy atom. The van der Waals surface area contributed by atoms with Crippen molar-refractivity contribution in [2.75, 3.05) is 23.3 Å². The van der Waals surface area contributed by atoms with Crippen LogP contribution in [-0.2, 0) is 0 Å². The van der Waals surface area contributed by atoms with Gasteiger partial charge in [-0.2, -0.15) is 5.26 Å². The number of anilines is 3. The Morgan fingerprint density at radius 2 is 1.78 bits per heavy atom. The monoisotopic (exact) mass is 480 g/mol. The zero-order valence-corrected chi connectivity index (χ0v) is 19.4. The average Bonchev–Trinajstić information content (AvgIpc) is 3.75. The van der Waals surface area contributed by atoms with Crippen LogP contribution in [0.15, 0.2) is 49.1 Å². The number of nitrogens with one attached hydrogen (secondary N) is 1. The molecule has 6 rings (SSSR count). The van der Waals surface area contributed by atoms with Gasteiger partial charge in [0.05, 0.1) is 35.6 Å². The van der Waals surface area contributed by atoms with Crippen molar-refractivity contribution in [1.82, 2.24) is 24.9 Å². The molecule has 0 unspecified atom stereocenters. The normalized spacial score (nSPS) is 19.8. The maximum Gasteiger partial charge on any atom is 0.162 e. The van der Waals surface area contributed by atoms with E-state index < -0.39 is 12.2 Å². The molecule has 2 aliphatic rings. The molecule has 36 heavy (non-hydrogen) atoms. The molecule has 2 fully saturated rings. The van der Waals surface area contributed by atoms with E-state index in [0.29, 0.717) is 48.5 Å². The van der Waals surface area contributed by atoms with Gasteiger partial charge in [-0.05, 0) is 55.0 Å². The molecule has 0 spiro atoms. The van der Waals surface area contributed by atoms with Crippen molar-refractivity contribution in [3.05, 3.63) is 60.2 Å². The Labute approximate surface area is 207 Å². The van der Waals surface area contributed by atoms with Gasteiger partial charge in [-0.15, -0.1) is 0 Å². The lowest BCUT2D eigenvalue weighted by atomic mass is 10.0. The number of hydrogen-bond acceptors (Lipinski definition) is 10. The van der Waals surface area contributed by atoms with Gasteiger partial charge in [0, 0.05) is 42.6 Å². The van der Waals surface area contributed by atoms with Gasteiger partial charge in [0.25, 0.3) is 0 Å². The molecule has 0 bridgehead atoms. The molecular formula is C26H24N8O2. The average molecular weight is 481 g/mol. The number of fused-ring (bicyclic) bond motifs is 1. The lowest BCUT2D eigenvalue weighted by Gasteiger charge is -2.35. The smallest absolute Gasteiger partial charge is 0.162 e. The van der Waals surface area contributed by atoms with E-state index in [-0.39, 0.29) is 0 Å². The van der Waals surface area contributed by atoms with Gasteiger partial charge in [-0.25, -0.2) is 19.9 Å². The summed E-state index contributed by atoms with van der Waals surface area (Å²) in [7, 11) is 0. The molecule has 10 heteroatoms. The zero-order chi connectivity index (χ0) is 24.6. The van der Waals surface area contributed by atoms with Gasteiger partial charge in [-0.3, -0.25) is 4.98 Å². The minimum Gasteiger partial charge on any atom is -0.390 e. The van der Waals surface area contributed by atoms with Gasteiger partial charge < -0.3 is 20.4 Å². The summed E-state index contributed by atoms with van der Waals surface area (Å²) in [6.45, 7) is 0.878. The molecule has 0 aromatic carbocycles. The first-order chi connectivity index (χ1) is 17.6. The van der Waals surface area contributed by atoms with E-state index in [1.165, 1.54) is 0 Å². The van der Waals surface area contributed by atoms with Crippen molar-refractivity contribution in [2.24, 2.45) is 0 Å². The second-order valence-corrected chi connectivity index (χ2v) is 9.23. The van der Waals surface area contributed by atoms with Crippen LogP contribution in [0.3, 0.4) is 0 Å². The molecule has 180 valence electrons. The second-order valence-electron chi connectivity index (χ2n) is 9.23. The first-order valence-electron chi connectivity index (χ1n) is 12.0. The number of β-amino-alcohol motifs (C(OH)–C–C–N with tert-alkyl or cyclic N) is 1. The summed E-state index contributed by atoms with van der Waals surface area (Å²) in [4.78, 5) is 25.0. The number of rotatable bonds is 5. The van der Waals surface area contributed by atoms with Crippen LogP contribution in [0.25, 0.3) is 22.3 Å². The molecule has 1 saturated heterocycles. The van der Waals surface area contributed by atoms with E-state index in [1.54, 1.807) is 30.7 Å². The molecule has 0 amide bonds. The highest BCUT2D eigenvalue weighted by molar-refractivity contribution is 5.94.